The fourth-order valence-electron chi connectivity index (χ4n) is 2.68. The molecule has 0 fully saturated rings. The first-order chi connectivity index (χ1) is 11.1. The second-order valence-corrected chi connectivity index (χ2v) is 5.78. The van der Waals surface area contributed by atoms with Crippen molar-refractivity contribution < 1.29 is 14.3 Å². The first-order valence-corrected chi connectivity index (χ1v) is 8.63. The van der Waals surface area contributed by atoms with Crippen LogP contribution in [0, 0.1) is 5.92 Å². The quantitative estimate of drug-likeness (QED) is 0.672. The van der Waals surface area contributed by atoms with Crippen molar-refractivity contribution in [1.29, 1.82) is 0 Å². The fourth-order valence-corrected chi connectivity index (χ4v) is 2.68. The van der Waals surface area contributed by atoms with E-state index in [0.29, 0.717) is 13.0 Å². The highest BCUT2D eigenvalue weighted by molar-refractivity contribution is 5.86. The van der Waals surface area contributed by atoms with Gasteiger partial charge in [-0.05, 0) is 25.3 Å². The average Bonchev–Trinajstić information content (AvgIpc) is 2.55. The third-order valence-electron chi connectivity index (χ3n) is 3.82. The molecule has 128 valence electrons. The molecule has 0 aliphatic rings. The van der Waals surface area contributed by atoms with Crippen molar-refractivity contribution in [2.45, 2.75) is 58.9 Å². The van der Waals surface area contributed by atoms with E-state index in [4.69, 9.17) is 4.74 Å². The molecule has 1 aromatic rings. The van der Waals surface area contributed by atoms with Crippen LogP contribution in [0.4, 0.5) is 0 Å². The maximum absolute atomic E-state index is 12.5. The third kappa shape index (κ3) is 6.85. The smallest absolute Gasteiger partial charge is 0.328 e. The molecule has 1 rings (SSSR count). The number of hydrogen-bond acceptors (Lipinski definition) is 3. The molecule has 1 amide bonds. The zero-order valence-corrected chi connectivity index (χ0v) is 14.5. The van der Waals surface area contributed by atoms with E-state index in [1.807, 2.05) is 30.3 Å². The fraction of sp³-hybridized carbons (Fsp3) is 0.579. The van der Waals surface area contributed by atoms with Crippen LogP contribution in [0.5, 0.6) is 0 Å². The number of rotatable bonds is 10. The lowest BCUT2D eigenvalue weighted by molar-refractivity contribution is -0.147. The molecular weight excluding hydrogens is 290 g/mol. The average molecular weight is 319 g/mol. The molecule has 0 bridgehead atoms. The van der Waals surface area contributed by atoms with Crippen molar-refractivity contribution in [1.82, 2.24) is 5.32 Å². The van der Waals surface area contributed by atoms with Crippen molar-refractivity contribution in [3.63, 3.8) is 0 Å². The molecule has 0 aliphatic heterocycles. The Bertz CT molecular complexity index is 467. The molecule has 0 radical (unpaired) electrons. The Kier molecular flexibility index (Phi) is 9.03. The minimum atomic E-state index is -0.624. The SMILES string of the molecule is CCCC(CCC)C(=O)NC(Cc1ccccc1)C(=O)OCC. The van der Waals surface area contributed by atoms with Gasteiger partial charge in [-0.15, -0.1) is 0 Å². The van der Waals surface area contributed by atoms with E-state index < -0.39 is 6.04 Å². The predicted molar refractivity (Wildman–Crippen MR) is 92.0 cm³/mol. The summed E-state index contributed by atoms with van der Waals surface area (Å²) >= 11 is 0. The summed E-state index contributed by atoms with van der Waals surface area (Å²) in [4.78, 5) is 24.7. The van der Waals surface area contributed by atoms with Crippen molar-refractivity contribution in [3.05, 3.63) is 35.9 Å². The van der Waals surface area contributed by atoms with E-state index in [1.165, 1.54) is 0 Å². The maximum atomic E-state index is 12.5. The van der Waals surface area contributed by atoms with Gasteiger partial charge in [-0.25, -0.2) is 4.79 Å². The van der Waals surface area contributed by atoms with Gasteiger partial charge in [-0.3, -0.25) is 4.79 Å². The van der Waals surface area contributed by atoms with Gasteiger partial charge in [0.05, 0.1) is 6.61 Å². The van der Waals surface area contributed by atoms with Crippen LogP contribution in [0.1, 0.15) is 52.0 Å². The monoisotopic (exact) mass is 319 g/mol. The van der Waals surface area contributed by atoms with Crippen LogP contribution in [-0.2, 0) is 20.7 Å². The van der Waals surface area contributed by atoms with Gasteiger partial charge in [-0.1, -0.05) is 57.0 Å². The largest absolute Gasteiger partial charge is 0.464 e. The van der Waals surface area contributed by atoms with E-state index >= 15 is 0 Å². The van der Waals surface area contributed by atoms with E-state index in [-0.39, 0.29) is 17.8 Å². The zero-order valence-electron chi connectivity index (χ0n) is 14.5. The Labute approximate surface area is 139 Å². The summed E-state index contributed by atoms with van der Waals surface area (Å²) in [5.41, 5.74) is 1.01. The number of hydrogen-bond donors (Lipinski definition) is 1. The van der Waals surface area contributed by atoms with Crippen molar-refractivity contribution >= 4 is 11.9 Å². The van der Waals surface area contributed by atoms with E-state index in [2.05, 4.69) is 19.2 Å². The van der Waals surface area contributed by atoms with Gasteiger partial charge in [0.1, 0.15) is 6.04 Å². The summed E-state index contributed by atoms with van der Waals surface area (Å²) in [7, 11) is 0. The molecule has 0 saturated carbocycles. The highest BCUT2D eigenvalue weighted by Crippen LogP contribution is 2.15. The topological polar surface area (TPSA) is 55.4 Å². The molecule has 0 aliphatic carbocycles. The van der Waals surface area contributed by atoms with Crippen molar-refractivity contribution in [2.75, 3.05) is 6.61 Å². The number of nitrogens with one attached hydrogen (secondary N) is 1. The van der Waals surface area contributed by atoms with Gasteiger partial charge in [-0.2, -0.15) is 0 Å². The van der Waals surface area contributed by atoms with Crippen LogP contribution in [0.3, 0.4) is 0 Å². The molecule has 0 aromatic heterocycles. The summed E-state index contributed by atoms with van der Waals surface area (Å²) in [6.07, 6.45) is 4.07. The van der Waals surface area contributed by atoms with Crippen LogP contribution >= 0.6 is 0 Å². The van der Waals surface area contributed by atoms with E-state index in [1.54, 1.807) is 6.92 Å². The molecule has 4 heteroatoms. The Morgan fingerprint density at radius 1 is 1.04 bits per heavy atom. The molecule has 0 spiro atoms. The first kappa shape index (κ1) is 19.2. The summed E-state index contributed by atoms with van der Waals surface area (Å²) < 4.78 is 5.12. The second kappa shape index (κ2) is 10.8. The summed E-state index contributed by atoms with van der Waals surface area (Å²) in [6, 6.07) is 9.07. The van der Waals surface area contributed by atoms with E-state index in [9.17, 15) is 9.59 Å². The number of esters is 1. The van der Waals surface area contributed by atoms with Gasteiger partial charge < -0.3 is 10.1 Å². The lowest BCUT2D eigenvalue weighted by Crippen LogP contribution is -2.45. The third-order valence-corrected chi connectivity index (χ3v) is 3.82. The van der Waals surface area contributed by atoms with Crippen LogP contribution < -0.4 is 5.32 Å². The normalized spacial score (nSPS) is 12.0. The molecular formula is C19H29NO3. The molecule has 0 heterocycles. The summed E-state index contributed by atoms with van der Waals surface area (Å²) in [6.45, 7) is 6.23. The predicted octanol–water partition coefficient (Wildman–Crippen LogP) is 3.49. The number of ether oxygens (including phenoxy) is 1. The number of benzene rings is 1. The molecule has 23 heavy (non-hydrogen) atoms. The highest BCUT2D eigenvalue weighted by atomic mass is 16.5. The zero-order chi connectivity index (χ0) is 17.1. The minimum Gasteiger partial charge on any atom is -0.464 e. The molecule has 1 unspecified atom stereocenters. The van der Waals surface area contributed by atoms with Gasteiger partial charge in [0.2, 0.25) is 5.91 Å². The Hall–Kier alpha value is -1.84. The van der Waals surface area contributed by atoms with Gasteiger partial charge in [0.25, 0.3) is 0 Å². The standard InChI is InChI=1S/C19H29NO3/c1-4-10-16(11-5-2)18(21)20-17(19(22)23-6-3)14-15-12-8-7-9-13-15/h7-9,12-13,16-17H,4-6,10-11,14H2,1-3H3,(H,20,21). The maximum Gasteiger partial charge on any atom is 0.328 e. The van der Waals surface area contributed by atoms with Gasteiger partial charge in [0.15, 0.2) is 0 Å². The summed E-state index contributed by atoms with van der Waals surface area (Å²) in [5, 5.41) is 2.91. The molecule has 1 aromatic carbocycles. The van der Waals surface area contributed by atoms with Crippen LogP contribution in [-0.4, -0.2) is 24.5 Å². The first-order valence-electron chi connectivity index (χ1n) is 8.63. The highest BCUT2D eigenvalue weighted by Gasteiger charge is 2.26. The Balaban J connectivity index is 2.78. The van der Waals surface area contributed by atoms with Gasteiger partial charge >= 0.3 is 5.97 Å². The second-order valence-electron chi connectivity index (χ2n) is 5.78. The number of amides is 1. The van der Waals surface area contributed by atoms with Crippen LogP contribution in [0.25, 0.3) is 0 Å². The number of carbonyl (C=O) groups excluding carboxylic acids is 2. The summed E-state index contributed by atoms with van der Waals surface area (Å²) in [5.74, 6) is -0.433. The molecule has 1 N–H and O–H groups in total. The molecule has 4 nitrogen and oxygen atoms in total. The Morgan fingerprint density at radius 2 is 1.65 bits per heavy atom. The van der Waals surface area contributed by atoms with Crippen LogP contribution in [0.2, 0.25) is 0 Å². The Morgan fingerprint density at radius 3 is 2.17 bits per heavy atom. The molecule has 1 atom stereocenters. The van der Waals surface area contributed by atoms with Gasteiger partial charge in [0, 0.05) is 12.3 Å². The van der Waals surface area contributed by atoms with Crippen molar-refractivity contribution in [2.24, 2.45) is 5.92 Å². The van der Waals surface area contributed by atoms with Crippen LogP contribution in [0.15, 0.2) is 30.3 Å². The lowest BCUT2D eigenvalue weighted by Gasteiger charge is -2.21. The molecule has 0 saturated heterocycles. The minimum absolute atomic E-state index is 0.0299. The van der Waals surface area contributed by atoms with Crippen molar-refractivity contribution in [3.8, 4) is 0 Å². The lowest BCUT2D eigenvalue weighted by atomic mass is 9.96. The number of carbonyl (C=O) groups is 2. The van der Waals surface area contributed by atoms with E-state index in [0.717, 1.165) is 31.2 Å².